The Labute approximate surface area is 188 Å². The maximum atomic E-state index is 13.5. The summed E-state index contributed by atoms with van der Waals surface area (Å²) in [5.74, 6) is -0.238. The van der Waals surface area contributed by atoms with E-state index in [-0.39, 0.29) is 11.8 Å². The quantitative estimate of drug-likeness (QED) is 0.729. The molecule has 4 rings (SSSR count). The summed E-state index contributed by atoms with van der Waals surface area (Å²) in [5, 5.41) is 3.04. The van der Waals surface area contributed by atoms with Crippen molar-refractivity contribution in [2.24, 2.45) is 11.8 Å². The highest BCUT2D eigenvalue weighted by atomic mass is 19.2. The summed E-state index contributed by atoms with van der Waals surface area (Å²) in [6.45, 7) is 3.26. The van der Waals surface area contributed by atoms with Crippen molar-refractivity contribution in [2.45, 2.75) is 31.8 Å². The number of anilines is 1. The first-order chi connectivity index (χ1) is 15.4. The number of benzene rings is 2. The number of hydrogen-bond donors (Lipinski definition) is 1. The molecule has 2 aliphatic heterocycles. The smallest absolute Gasteiger partial charge is 0.228 e. The number of hydrogen-bond acceptors (Lipinski definition) is 4. The lowest BCUT2D eigenvalue weighted by Crippen LogP contribution is -2.41. The lowest BCUT2D eigenvalue weighted by molar-refractivity contribution is -0.119. The molecule has 2 atom stereocenters. The van der Waals surface area contributed by atoms with Crippen LogP contribution in [0.25, 0.3) is 0 Å². The molecule has 0 saturated carbocycles. The van der Waals surface area contributed by atoms with Gasteiger partial charge in [-0.15, -0.1) is 0 Å². The monoisotopic (exact) mass is 443 g/mol. The predicted octanol–water partition coefficient (Wildman–Crippen LogP) is 4.14. The van der Waals surface area contributed by atoms with E-state index in [0.717, 1.165) is 55.9 Å². The van der Waals surface area contributed by atoms with Gasteiger partial charge in [0.05, 0.1) is 13.0 Å². The number of carbonyl (C=O) groups is 1. The molecule has 2 aliphatic rings. The first kappa shape index (κ1) is 22.7. The van der Waals surface area contributed by atoms with Crippen LogP contribution >= 0.6 is 0 Å². The zero-order chi connectivity index (χ0) is 22.7. The normalized spacial score (nSPS) is 22.8. The summed E-state index contributed by atoms with van der Waals surface area (Å²) in [7, 11) is 3.73. The second-order valence-corrected chi connectivity index (χ2v) is 9.02. The van der Waals surface area contributed by atoms with Crippen LogP contribution in [0.2, 0.25) is 0 Å². The fraction of sp³-hybridized carbons (Fsp3) is 0.480. The molecule has 2 saturated heterocycles. The predicted molar refractivity (Wildman–Crippen MR) is 121 cm³/mol. The van der Waals surface area contributed by atoms with E-state index in [4.69, 9.17) is 4.74 Å². The number of piperidine rings is 1. The second-order valence-electron chi connectivity index (χ2n) is 9.02. The zero-order valence-corrected chi connectivity index (χ0v) is 18.7. The molecule has 2 heterocycles. The number of rotatable bonds is 6. The van der Waals surface area contributed by atoms with E-state index in [9.17, 15) is 13.6 Å². The molecule has 5 nitrogen and oxygen atoms in total. The third-order valence-corrected chi connectivity index (χ3v) is 6.90. The lowest BCUT2D eigenvalue weighted by Gasteiger charge is -2.37. The van der Waals surface area contributed by atoms with Gasteiger partial charge in [-0.05, 0) is 87.3 Å². The molecule has 7 heteroatoms. The van der Waals surface area contributed by atoms with E-state index >= 15 is 0 Å². The highest BCUT2D eigenvalue weighted by Gasteiger charge is 2.39. The minimum atomic E-state index is -0.803. The van der Waals surface area contributed by atoms with Crippen LogP contribution in [-0.4, -0.2) is 55.5 Å². The summed E-state index contributed by atoms with van der Waals surface area (Å²) >= 11 is 0. The topological polar surface area (TPSA) is 44.8 Å². The number of carbonyl (C=O) groups excluding carboxylic acids is 1. The lowest BCUT2D eigenvalue weighted by atomic mass is 9.86. The molecule has 32 heavy (non-hydrogen) atoms. The highest BCUT2D eigenvalue weighted by Crippen LogP contribution is 2.34. The van der Waals surface area contributed by atoms with Crippen LogP contribution < -0.4 is 10.1 Å². The SMILES string of the molecule is COc1ccc(NC(=O)[C@H]2C[C@@H](C3CCN(Cc4ccc(F)c(F)c4)CC3)N(C)C2)cc1. The Morgan fingerprint density at radius 2 is 1.81 bits per heavy atom. The van der Waals surface area contributed by atoms with Crippen molar-refractivity contribution in [3.63, 3.8) is 0 Å². The van der Waals surface area contributed by atoms with Crippen molar-refractivity contribution in [3.05, 3.63) is 59.7 Å². The van der Waals surface area contributed by atoms with Gasteiger partial charge in [0.2, 0.25) is 5.91 Å². The molecule has 172 valence electrons. The minimum Gasteiger partial charge on any atom is -0.497 e. The summed E-state index contributed by atoms with van der Waals surface area (Å²) in [4.78, 5) is 17.4. The van der Waals surface area contributed by atoms with Crippen molar-refractivity contribution in [1.29, 1.82) is 0 Å². The Bertz CT molecular complexity index is 929. The Morgan fingerprint density at radius 3 is 2.47 bits per heavy atom. The van der Waals surface area contributed by atoms with Crippen LogP contribution in [0.5, 0.6) is 5.75 Å². The van der Waals surface area contributed by atoms with E-state index in [1.807, 2.05) is 24.3 Å². The molecular formula is C25H31F2N3O2. The van der Waals surface area contributed by atoms with Crippen LogP contribution in [0.1, 0.15) is 24.8 Å². The van der Waals surface area contributed by atoms with Gasteiger partial charge in [0.25, 0.3) is 0 Å². The molecule has 0 bridgehead atoms. The molecule has 0 aromatic heterocycles. The van der Waals surface area contributed by atoms with Gasteiger partial charge in [0.15, 0.2) is 11.6 Å². The summed E-state index contributed by atoms with van der Waals surface area (Å²) in [5.41, 5.74) is 1.59. The Balaban J connectivity index is 1.27. The van der Waals surface area contributed by atoms with E-state index in [2.05, 4.69) is 22.2 Å². The van der Waals surface area contributed by atoms with E-state index in [1.165, 1.54) is 12.1 Å². The summed E-state index contributed by atoms with van der Waals surface area (Å²) < 4.78 is 31.8. The van der Waals surface area contributed by atoms with Crippen molar-refractivity contribution in [3.8, 4) is 5.75 Å². The maximum absolute atomic E-state index is 13.5. The highest BCUT2D eigenvalue weighted by molar-refractivity contribution is 5.93. The average Bonchev–Trinajstić information content (AvgIpc) is 3.19. The fourth-order valence-electron chi connectivity index (χ4n) is 5.08. The number of halogens is 2. The Morgan fingerprint density at radius 1 is 1.09 bits per heavy atom. The van der Waals surface area contributed by atoms with E-state index in [1.54, 1.807) is 13.2 Å². The summed E-state index contributed by atoms with van der Waals surface area (Å²) in [6.07, 6.45) is 2.96. The summed E-state index contributed by atoms with van der Waals surface area (Å²) in [6, 6.07) is 11.9. The van der Waals surface area contributed by atoms with E-state index < -0.39 is 11.6 Å². The molecule has 1 amide bonds. The molecule has 2 fully saturated rings. The van der Waals surface area contributed by atoms with Crippen LogP contribution in [0.4, 0.5) is 14.5 Å². The van der Waals surface area contributed by atoms with Crippen LogP contribution in [0.15, 0.2) is 42.5 Å². The average molecular weight is 444 g/mol. The van der Waals surface area contributed by atoms with Crippen molar-refractivity contribution < 1.29 is 18.3 Å². The van der Waals surface area contributed by atoms with Crippen LogP contribution in [0.3, 0.4) is 0 Å². The number of nitrogens with one attached hydrogen (secondary N) is 1. The molecular weight excluding hydrogens is 412 g/mol. The van der Waals surface area contributed by atoms with Crippen molar-refractivity contribution in [2.75, 3.05) is 39.1 Å². The van der Waals surface area contributed by atoms with E-state index in [0.29, 0.717) is 18.5 Å². The number of methoxy groups -OCH3 is 1. The van der Waals surface area contributed by atoms with Gasteiger partial charge in [-0.25, -0.2) is 8.78 Å². The largest absolute Gasteiger partial charge is 0.497 e. The molecule has 2 aromatic rings. The van der Waals surface area contributed by atoms with Crippen molar-refractivity contribution >= 4 is 11.6 Å². The Kier molecular flexibility index (Phi) is 7.06. The van der Waals surface area contributed by atoms with Crippen molar-refractivity contribution in [1.82, 2.24) is 9.80 Å². The number of ether oxygens (including phenoxy) is 1. The van der Waals surface area contributed by atoms with Gasteiger partial charge >= 0.3 is 0 Å². The second kappa shape index (κ2) is 9.96. The first-order valence-electron chi connectivity index (χ1n) is 11.2. The van der Waals surface area contributed by atoms with Gasteiger partial charge < -0.3 is 15.0 Å². The number of amides is 1. The van der Waals surface area contributed by atoms with Gasteiger partial charge in [0.1, 0.15) is 5.75 Å². The molecule has 1 N–H and O–H groups in total. The number of likely N-dealkylation sites (tertiary alicyclic amines) is 2. The first-order valence-corrected chi connectivity index (χ1v) is 11.2. The molecule has 0 aliphatic carbocycles. The third kappa shape index (κ3) is 5.27. The van der Waals surface area contributed by atoms with Gasteiger partial charge in [0, 0.05) is 24.8 Å². The minimum absolute atomic E-state index is 0.0210. The standard InChI is InChI=1S/C25H31F2N3O2/c1-29-16-19(25(31)28-20-4-6-21(32-2)7-5-20)14-24(29)18-9-11-30(12-10-18)15-17-3-8-22(26)23(27)13-17/h3-8,13,18-19,24H,9-12,14-16H2,1-2H3,(H,28,31)/t19-,24-/m0/s1. The molecule has 0 unspecified atom stereocenters. The molecule has 0 radical (unpaired) electrons. The van der Waals surface area contributed by atoms with Crippen LogP contribution in [-0.2, 0) is 11.3 Å². The molecule has 2 aromatic carbocycles. The third-order valence-electron chi connectivity index (χ3n) is 6.90. The van der Waals surface area contributed by atoms with Crippen LogP contribution in [0, 0.1) is 23.5 Å². The molecule has 0 spiro atoms. The zero-order valence-electron chi connectivity index (χ0n) is 18.7. The fourth-order valence-corrected chi connectivity index (χ4v) is 5.08. The van der Waals surface area contributed by atoms with Gasteiger partial charge in [-0.3, -0.25) is 9.69 Å². The Hall–Kier alpha value is -2.51. The van der Waals surface area contributed by atoms with Gasteiger partial charge in [-0.1, -0.05) is 6.07 Å². The number of nitrogens with zero attached hydrogens (tertiary/aromatic N) is 2. The van der Waals surface area contributed by atoms with Gasteiger partial charge in [-0.2, -0.15) is 0 Å². The maximum Gasteiger partial charge on any atom is 0.228 e.